The van der Waals surface area contributed by atoms with Gasteiger partial charge in [-0.1, -0.05) is 24.3 Å². The van der Waals surface area contributed by atoms with Crippen molar-refractivity contribution in [3.8, 4) is 5.75 Å². The third-order valence-corrected chi connectivity index (χ3v) is 5.31. The normalized spacial score (nSPS) is 16.0. The molecular formula is C21H28NO3+. The van der Waals surface area contributed by atoms with E-state index >= 15 is 0 Å². The summed E-state index contributed by atoms with van der Waals surface area (Å²) in [4.78, 5) is 12.6. The molecule has 1 heterocycles. The fourth-order valence-electron chi connectivity index (χ4n) is 3.79. The van der Waals surface area contributed by atoms with E-state index in [1.165, 1.54) is 0 Å². The first-order valence-electron chi connectivity index (χ1n) is 9.09. The van der Waals surface area contributed by atoms with Gasteiger partial charge in [-0.3, -0.25) is 4.79 Å². The van der Waals surface area contributed by atoms with Gasteiger partial charge in [-0.25, -0.2) is 0 Å². The Hall–Kier alpha value is -2.07. The number of quaternary nitrogens is 1. The van der Waals surface area contributed by atoms with Crippen LogP contribution >= 0.6 is 0 Å². The predicted octanol–water partition coefficient (Wildman–Crippen LogP) is 2.69. The van der Waals surface area contributed by atoms with Crippen molar-refractivity contribution in [1.82, 2.24) is 0 Å². The molecule has 0 atom stereocenters. The predicted molar refractivity (Wildman–Crippen MR) is 98.8 cm³/mol. The maximum atomic E-state index is 12.6. The summed E-state index contributed by atoms with van der Waals surface area (Å²) in [5, 5.41) is 4.48. The highest BCUT2D eigenvalue weighted by Crippen LogP contribution is 2.29. The van der Waals surface area contributed by atoms with Gasteiger partial charge >= 0.3 is 5.97 Å². The lowest BCUT2D eigenvalue weighted by Crippen LogP contribution is -2.86. The average Bonchev–Trinajstić information content (AvgIpc) is 2.62. The average molecular weight is 342 g/mol. The molecule has 25 heavy (non-hydrogen) atoms. The Kier molecular flexibility index (Phi) is 5.28. The second-order valence-corrected chi connectivity index (χ2v) is 7.40. The molecule has 0 bridgehead atoms. The highest BCUT2D eigenvalue weighted by molar-refractivity contribution is 5.90. The van der Waals surface area contributed by atoms with E-state index in [4.69, 9.17) is 9.47 Å². The van der Waals surface area contributed by atoms with E-state index in [1.54, 1.807) is 7.11 Å². The molecule has 2 aromatic rings. The molecule has 1 fully saturated rings. The van der Waals surface area contributed by atoms with E-state index in [9.17, 15) is 4.79 Å². The maximum Gasteiger partial charge on any atom is 0.310 e. The van der Waals surface area contributed by atoms with Crippen LogP contribution in [0.4, 0.5) is 0 Å². The zero-order valence-corrected chi connectivity index (χ0v) is 15.4. The summed E-state index contributed by atoms with van der Waals surface area (Å²) >= 11 is 0. The zero-order valence-electron chi connectivity index (χ0n) is 15.4. The number of carbonyl (C=O) groups excluding carboxylic acids is 1. The molecule has 4 nitrogen and oxygen atoms in total. The van der Waals surface area contributed by atoms with Crippen LogP contribution in [-0.2, 0) is 16.0 Å². The molecule has 2 aromatic carbocycles. The van der Waals surface area contributed by atoms with Crippen LogP contribution in [-0.4, -0.2) is 31.8 Å². The van der Waals surface area contributed by atoms with Crippen LogP contribution in [0.25, 0.3) is 10.8 Å². The van der Waals surface area contributed by atoms with Gasteiger partial charge in [-0.05, 0) is 42.3 Å². The standard InChI is InChI=1S/C21H27NO3/c1-21(2,17-9-11-22-12-10-17)25-20(23)13-16-6-4-5-15-7-8-18(24-3)14-19(15)16/h4-8,14,17,22H,9-13H2,1-3H3/p+1. The quantitative estimate of drug-likeness (QED) is 0.850. The number of fused-ring (bicyclic) bond motifs is 1. The Labute approximate surface area is 149 Å². The summed E-state index contributed by atoms with van der Waals surface area (Å²) in [6.45, 7) is 6.34. The van der Waals surface area contributed by atoms with Crippen molar-refractivity contribution in [3.63, 3.8) is 0 Å². The summed E-state index contributed by atoms with van der Waals surface area (Å²) in [6.07, 6.45) is 2.49. The Morgan fingerprint density at radius 1 is 1.20 bits per heavy atom. The third kappa shape index (κ3) is 4.13. The molecule has 0 saturated carbocycles. The van der Waals surface area contributed by atoms with E-state index in [2.05, 4.69) is 5.32 Å². The summed E-state index contributed by atoms with van der Waals surface area (Å²) in [7, 11) is 1.65. The third-order valence-electron chi connectivity index (χ3n) is 5.31. The van der Waals surface area contributed by atoms with Gasteiger partial charge < -0.3 is 14.8 Å². The molecule has 0 radical (unpaired) electrons. The topological polar surface area (TPSA) is 52.1 Å². The number of rotatable bonds is 5. The van der Waals surface area contributed by atoms with Crippen molar-refractivity contribution in [1.29, 1.82) is 0 Å². The molecule has 4 heteroatoms. The molecular weight excluding hydrogens is 314 g/mol. The minimum Gasteiger partial charge on any atom is -0.497 e. The first-order chi connectivity index (χ1) is 12.0. The van der Waals surface area contributed by atoms with Crippen LogP contribution in [0.2, 0.25) is 0 Å². The lowest BCUT2D eigenvalue weighted by molar-refractivity contribution is -0.665. The number of methoxy groups -OCH3 is 1. The largest absolute Gasteiger partial charge is 0.497 e. The SMILES string of the molecule is COc1ccc2cccc(CC(=O)OC(C)(C)C3CC[NH2+]CC3)c2c1. The molecule has 1 aliphatic heterocycles. The molecule has 0 amide bonds. The van der Waals surface area contributed by atoms with Gasteiger partial charge in [0.25, 0.3) is 0 Å². The van der Waals surface area contributed by atoms with Crippen LogP contribution in [0, 0.1) is 5.92 Å². The van der Waals surface area contributed by atoms with Crippen molar-refractivity contribution in [2.24, 2.45) is 5.92 Å². The van der Waals surface area contributed by atoms with E-state index in [1.807, 2.05) is 50.2 Å². The summed E-state index contributed by atoms with van der Waals surface area (Å²) in [6, 6.07) is 12.0. The van der Waals surface area contributed by atoms with Crippen LogP contribution in [0.15, 0.2) is 36.4 Å². The number of piperidine rings is 1. The molecule has 1 saturated heterocycles. The first-order valence-corrected chi connectivity index (χ1v) is 9.09. The summed E-state index contributed by atoms with van der Waals surface area (Å²) < 4.78 is 11.2. The number of benzene rings is 2. The minimum atomic E-state index is -0.409. The van der Waals surface area contributed by atoms with Gasteiger partial charge in [0.1, 0.15) is 11.4 Å². The van der Waals surface area contributed by atoms with Crippen LogP contribution in [0.1, 0.15) is 32.3 Å². The van der Waals surface area contributed by atoms with Gasteiger partial charge in [0.15, 0.2) is 0 Å². The van der Waals surface area contributed by atoms with E-state index in [0.29, 0.717) is 5.92 Å². The van der Waals surface area contributed by atoms with Crippen LogP contribution < -0.4 is 10.1 Å². The Morgan fingerprint density at radius 3 is 2.68 bits per heavy atom. The summed E-state index contributed by atoms with van der Waals surface area (Å²) in [5.41, 5.74) is 0.572. The number of ether oxygens (including phenoxy) is 2. The molecule has 3 rings (SSSR count). The van der Waals surface area contributed by atoms with Crippen molar-refractivity contribution in [3.05, 3.63) is 42.0 Å². The van der Waals surface area contributed by atoms with Crippen LogP contribution in [0.5, 0.6) is 5.75 Å². The van der Waals surface area contributed by atoms with E-state index < -0.39 is 5.60 Å². The first kappa shape index (κ1) is 17.7. The molecule has 134 valence electrons. The monoisotopic (exact) mass is 342 g/mol. The van der Waals surface area contributed by atoms with Gasteiger partial charge in [0.05, 0.1) is 26.6 Å². The second kappa shape index (κ2) is 7.44. The lowest BCUT2D eigenvalue weighted by Gasteiger charge is -2.35. The zero-order chi connectivity index (χ0) is 17.9. The van der Waals surface area contributed by atoms with Crippen molar-refractivity contribution in [2.75, 3.05) is 20.2 Å². The lowest BCUT2D eigenvalue weighted by atomic mass is 9.83. The second-order valence-electron chi connectivity index (χ2n) is 7.40. The van der Waals surface area contributed by atoms with Gasteiger partial charge in [0, 0.05) is 18.8 Å². The highest BCUT2D eigenvalue weighted by Gasteiger charge is 2.35. The minimum absolute atomic E-state index is 0.158. The molecule has 0 spiro atoms. The van der Waals surface area contributed by atoms with E-state index in [0.717, 1.165) is 48.0 Å². The van der Waals surface area contributed by atoms with Gasteiger partial charge in [-0.15, -0.1) is 0 Å². The number of hydrogen-bond donors (Lipinski definition) is 1. The number of esters is 1. The number of hydrogen-bond acceptors (Lipinski definition) is 3. The fraction of sp³-hybridized carbons (Fsp3) is 0.476. The van der Waals surface area contributed by atoms with Crippen LogP contribution in [0.3, 0.4) is 0 Å². The van der Waals surface area contributed by atoms with Crippen molar-refractivity contribution < 1.29 is 19.6 Å². The number of nitrogens with two attached hydrogens (primary N) is 1. The molecule has 0 aromatic heterocycles. The highest BCUT2D eigenvalue weighted by atomic mass is 16.6. The van der Waals surface area contributed by atoms with Gasteiger partial charge in [-0.2, -0.15) is 0 Å². The number of carbonyl (C=O) groups is 1. The Morgan fingerprint density at radius 2 is 1.96 bits per heavy atom. The van der Waals surface area contributed by atoms with Crippen molar-refractivity contribution in [2.45, 2.75) is 38.7 Å². The Balaban J connectivity index is 1.75. The molecule has 0 unspecified atom stereocenters. The van der Waals surface area contributed by atoms with Gasteiger partial charge in [0.2, 0.25) is 0 Å². The molecule has 0 aliphatic carbocycles. The van der Waals surface area contributed by atoms with Crippen molar-refractivity contribution >= 4 is 16.7 Å². The molecule has 2 N–H and O–H groups in total. The smallest absolute Gasteiger partial charge is 0.310 e. The summed E-state index contributed by atoms with van der Waals surface area (Å²) in [5.74, 6) is 1.08. The van der Waals surface area contributed by atoms with E-state index in [-0.39, 0.29) is 12.4 Å². The fourth-order valence-corrected chi connectivity index (χ4v) is 3.79. The Bertz CT molecular complexity index is 748. The maximum absolute atomic E-state index is 12.6. The molecule has 1 aliphatic rings.